The third kappa shape index (κ3) is 5.59. The van der Waals surface area contributed by atoms with Crippen LogP contribution in [0.2, 0.25) is 0 Å². The summed E-state index contributed by atoms with van der Waals surface area (Å²) >= 11 is 0. The molecule has 0 heterocycles. The summed E-state index contributed by atoms with van der Waals surface area (Å²) < 4.78 is 0. The topological polar surface area (TPSA) is 73.9 Å². The zero-order chi connectivity index (χ0) is 15.2. The average molecular weight is 278 g/mol. The Morgan fingerprint density at radius 1 is 1.40 bits per heavy atom. The smallest absolute Gasteiger partial charge is 0.170 e. The van der Waals surface area contributed by atoms with Crippen molar-refractivity contribution < 1.29 is 5.21 Å². The maximum Gasteiger partial charge on any atom is 0.170 e. The number of oxime groups is 1. The second-order valence-electron chi connectivity index (χ2n) is 6.19. The highest BCUT2D eigenvalue weighted by molar-refractivity contribution is 5.97. The minimum Gasteiger partial charge on any atom is -0.409 e. The van der Waals surface area contributed by atoms with Crippen LogP contribution in [-0.4, -0.2) is 43.1 Å². The van der Waals surface area contributed by atoms with E-state index in [1.807, 2.05) is 24.3 Å². The van der Waals surface area contributed by atoms with Gasteiger partial charge in [0.15, 0.2) is 5.84 Å². The first-order valence-corrected chi connectivity index (χ1v) is 6.76. The van der Waals surface area contributed by atoms with E-state index in [0.29, 0.717) is 0 Å². The number of hydrogen-bond acceptors (Lipinski definition) is 4. The Kier molecular flexibility index (Phi) is 5.98. The molecule has 0 aliphatic rings. The van der Waals surface area contributed by atoms with Gasteiger partial charge in [-0.3, -0.25) is 0 Å². The van der Waals surface area contributed by atoms with E-state index in [-0.39, 0.29) is 11.3 Å². The van der Waals surface area contributed by atoms with Crippen molar-refractivity contribution in [3.8, 4) is 0 Å². The van der Waals surface area contributed by atoms with Gasteiger partial charge in [0.25, 0.3) is 0 Å². The Morgan fingerprint density at radius 3 is 2.70 bits per heavy atom. The minimum atomic E-state index is 0.139. The van der Waals surface area contributed by atoms with Gasteiger partial charge in [-0.05, 0) is 31.1 Å². The van der Waals surface area contributed by atoms with Crippen LogP contribution in [-0.2, 0) is 6.54 Å². The van der Waals surface area contributed by atoms with Gasteiger partial charge >= 0.3 is 0 Å². The van der Waals surface area contributed by atoms with Crippen LogP contribution in [0.15, 0.2) is 29.4 Å². The Balaban J connectivity index is 2.54. The average Bonchev–Trinajstić information content (AvgIpc) is 2.36. The van der Waals surface area contributed by atoms with Crippen molar-refractivity contribution in [3.05, 3.63) is 35.4 Å². The van der Waals surface area contributed by atoms with Crippen molar-refractivity contribution in [1.29, 1.82) is 0 Å². The van der Waals surface area contributed by atoms with Gasteiger partial charge in [-0.2, -0.15) is 0 Å². The lowest BCUT2D eigenvalue weighted by Gasteiger charge is -2.28. The summed E-state index contributed by atoms with van der Waals surface area (Å²) in [4.78, 5) is 2.20. The molecule has 5 nitrogen and oxygen atoms in total. The summed E-state index contributed by atoms with van der Waals surface area (Å²) in [6, 6.07) is 7.70. The van der Waals surface area contributed by atoms with Crippen LogP contribution >= 0.6 is 0 Å². The van der Waals surface area contributed by atoms with Crippen molar-refractivity contribution in [3.63, 3.8) is 0 Å². The van der Waals surface area contributed by atoms with Crippen molar-refractivity contribution in [2.45, 2.75) is 20.4 Å². The van der Waals surface area contributed by atoms with Gasteiger partial charge in [-0.15, -0.1) is 0 Å². The molecule has 0 aromatic heterocycles. The van der Waals surface area contributed by atoms with E-state index in [0.717, 1.165) is 30.8 Å². The monoisotopic (exact) mass is 278 g/mol. The van der Waals surface area contributed by atoms with Crippen molar-refractivity contribution >= 4 is 5.84 Å². The van der Waals surface area contributed by atoms with Gasteiger partial charge in [0.05, 0.1) is 0 Å². The molecule has 0 aliphatic heterocycles. The first-order chi connectivity index (χ1) is 9.34. The normalized spacial score (nSPS) is 12.9. The summed E-state index contributed by atoms with van der Waals surface area (Å²) in [5, 5.41) is 15.2. The maximum atomic E-state index is 8.69. The molecular weight excluding hydrogens is 252 g/mol. The zero-order valence-electron chi connectivity index (χ0n) is 12.8. The molecule has 0 saturated carbocycles. The molecule has 0 aliphatic carbocycles. The summed E-state index contributed by atoms with van der Waals surface area (Å²) in [6.45, 7) is 7.21. The number of nitrogens with two attached hydrogens (primary N) is 1. The Hall–Kier alpha value is -1.59. The van der Waals surface area contributed by atoms with Gasteiger partial charge in [-0.25, -0.2) is 0 Å². The van der Waals surface area contributed by atoms with E-state index in [9.17, 15) is 0 Å². The van der Waals surface area contributed by atoms with Crippen LogP contribution in [0.5, 0.6) is 0 Å². The molecule has 0 amide bonds. The van der Waals surface area contributed by atoms with E-state index in [1.165, 1.54) is 0 Å². The van der Waals surface area contributed by atoms with Crippen LogP contribution in [0.4, 0.5) is 0 Å². The quantitative estimate of drug-likeness (QED) is 0.305. The molecule has 0 fully saturated rings. The fourth-order valence-corrected chi connectivity index (χ4v) is 2.36. The first-order valence-electron chi connectivity index (χ1n) is 6.76. The Labute approximate surface area is 121 Å². The third-order valence-electron chi connectivity index (χ3n) is 3.01. The van der Waals surface area contributed by atoms with E-state index in [1.54, 1.807) is 0 Å². The molecule has 0 bridgehead atoms. The van der Waals surface area contributed by atoms with Gasteiger partial charge in [0.1, 0.15) is 0 Å². The molecule has 1 aromatic carbocycles. The van der Waals surface area contributed by atoms with Gasteiger partial charge in [0, 0.05) is 25.2 Å². The Bertz CT molecular complexity index is 455. The second kappa shape index (κ2) is 7.26. The largest absolute Gasteiger partial charge is 0.409 e. The van der Waals surface area contributed by atoms with Crippen molar-refractivity contribution in [2.24, 2.45) is 16.3 Å². The number of rotatable bonds is 7. The number of nitrogens with zero attached hydrogens (tertiary/aromatic N) is 2. The SMILES string of the molecule is CN(C)CC(C)(C)CNCc1cccc(C(N)=NO)c1. The molecule has 0 unspecified atom stereocenters. The molecule has 1 aromatic rings. The molecule has 0 radical (unpaired) electrons. The van der Waals surface area contributed by atoms with Crippen LogP contribution < -0.4 is 11.1 Å². The predicted octanol–water partition coefficient (Wildman–Crippen LogP) is 1.46. The fourth-order valence-electron chi connectivity index (χ4n) is 2.36. The number of benzene rings is 1. The lowest BCUT2D eigenvalue weighted by atomic mass is 9.93. The predicted molar refractivity (Wildman–Crippen MR) is 83.0 cm³/mol. The molecule has 0 spiro atoms. The molecule has 4 N–H and O–H groups in total. The molecule has 20 heavy (non-hydrogen) atoms. The van der Waals surface area contributed by atoms with Crippen LogP contribution in [0.25, 0.3) is 0 Å². The zero-order valence-corrected chi connectivity index (χ0v) is 12.8. The molecule has 0 atom stereocenters. The molecule has 1 rings (SSSR count). The molecule has 112 valence electrons. The van der Waals surface area contributed by atoms with Gasteiger partial charge in [0.2, 0.25) is 0 Å². The summed E-state index contributed by atoms with van der Waals surface area (Å²) in [5.74, 6) is 0.139. The second-order valence-corrected chi connectivity index (χ2v) is 6.19. The van der Waals surface area contributed by atoms with Crippen molar-refractivity contribution in [1.82, 2.24) is 10.2 Å². The van der Waals surface area contributed by atoms with Gasteiger partial charge in [-0.1, -0.05) is 37.2 Å². The van der Waals surface area contributed by atoms with Crippen LogP contribution in [0.1, 0.15) is 25.0 Å². The molecule has 5 heteroatoms. The van der Waals surface area contributed by atoms with Crippen LogP contribution in [0, 0.1) is 5.41 Å². The standard InChI is InChI=1S/C15H26N4O/c1-15(2,11-19(3)4)10-17-9-12-6-5-7-13(8-12)14(16)18-20/h5-8,17,20H,9-11H2,1-4H3,(H2,16,18). The summed E-state index contributed by atoms with van der Waals surface area (Å²) in [5.41, 5.74) is 7.66. The van der Waals surface area contributed by atoms with E-state index >= 15 is 0 Å². The maximum absolute atomic E-state index is 8.69. The number of amidine groups is 1. The highest BCUT2D eigenvalue weighted by atomic mass is 16.4. The Morgan fingerprint density at radius 2 is 2.10 bits per heavy atom. The third-order valence-corrected chi connectivity index (χ3v) is 3.01. The lowest BCUT2D eigenvalue weighted by Crippen LogP contribution is -2.37. The summed E-state index contributed by atoms with van der Waals surface area (Å²) in [7, 11) is 4.17. The van der Waals surface area contributed by atoms with E-state index in [4.69, 9.17) is 10.9 Å². The highest BCUT2D eigenvalue weighted by Crippen LogP contribution is 2.14. The number of nitrogens with one attached hydrogen (secondary N) is 1. The van der Waals surface area contributed by atoms with E-state index < -0.39 is 0 Å². The highest BCUT2D eigenvalue weighted by Gasteiger charge is 2.18. The van der Waals surface area contributed by atoms with Crippen molar-refractivity contribution in [2.75, 3.05) is 27.2 Å². The van der Waals surface area contributed by atoms with Gasteiger partial charge < -0.3 is 21.2 Å². The lowest BCUT2D eigenvalue weighted by molar-refractivity contribution is 0.232. The molecular formula is C15H26N4O. The minimum absolute atomic E-state index is 0.139. The molecule has 0 saturated heterocycles. The summed E-state index contributed by atoms with van der Waals surface area (Å²) in [6.07, 6.45) is 0. The van der Waals surface area contributed by atoms with E-state index in [2.05, 4.69) is 43.3 Å². The first kappa shape index (κ1) is 16.5. The fraction of sp³-hybridized carbons (Fsp3) is 0.533. The number of hydrogen-bond donors (Lipinski definition) is 3. The van der Waals surface area contributed by atoms with Crippen LogP contribution in [0.3, 0.4) is 0 Å².